The number of halogens is 1. The van der Waals surface area contributed by atoms with E-state index in [0.717, 1.165) is 0 Å². The van der Waals surface area contributed by atoms with E-state index < -0.39 is 11.6 Å². The Hall–Kier alpha value is -2.05. The molecule has 0 aliphatic heterocycles. The minimum absolute atomic E-state index is 0.0413. The number of nitrogens with zero attached hydrogens (tertiary/aromatic N) is 1. The van der Waals surface area contributed by atoms with Crippen LogP contribution >= 0.6 is 11.6 Å². The van der Waals surface area contributed by atoms with Gasteiger partial charge in [-0.15, -0.1) is 0 Å². The number of carbonyl (C=O) groups is 1. The summed E-state index contributed by atoms with van der Waals surface area (Å²) in [6.45, 7) is 5.24. The summed E-state index contributed by atoms with van der Waals surface area (Å²) >= 11 is 5.67. The maximum absolute atomic E-state index is 11.8. The van der Waals surface area contributed by atoms with Gasteiger partial charge in [-0.3, -0.25) is 0 Å². The second-order valence-electron chi connectivity index (χ2n) is 5.28. The molecule has 0 radical (unpaired) electrons. The van der Waals surface area contributed by atoms with E-state index in [2.05, 4.69) is 15.6 Å². The fourth-order valence-corrected chi connectivity index (χ4v) is 2.25. The van der Waals surface area contributed by atoms with E-state index in [1.54, 1.807) is 39.0 Å². The third-order valence-electron chi connectivity index (χ3n) is 3.20. The number of hydrogen-bond donors (Lipinski definition) is 3. The molecule has 0 bridgehead atoms. The van der Waals surface area contributed by atoms with Gasteiger partial charge in [0.1, 0.15) is 22.3 Å². The molecule has 2 aromatic heterocycles. The molecule has 0 aromatic carbocycles. The summed E-state index contributed by atoms with van der Waals surface area (Å²) in [5.41, 5.74) is -0.0624. The van der Waals surface area contributed by atoms with Crippen LogP contribution in [-0.4, -0.2) is 22.7 Å². The lowest BCUT2D eigenvalue weighted by Crippen LogP contribution is -2.40. The monoisotopic (exact) mass is 323 g/mol. The van der Waals surface area contributed by atoms with Gasteiger partial charge in [-0.05, 0) is 39.0 Å². The standard InChI is InChI=1S/C15H18ClN3O3/c1-9-6-12(10(2)22-9)15(3,21)8-18-14(20)19-11-4-5-13(16)17-7-11/h4-7,21H,8H2,1-3H3,(H2,18,19,20). The number of furan rings is 1. The molecule has 2 heterocycles. The number of urea groups is 1. The zero-order valence-corrected chi connectivity index (χ0v) is 13.4. The first kappa shape index (κ1) is 16.3. The molecule has 1 atom stereocenters. The van der Waals surface area contributed by atoms with E-state index in [1.165, 1.54) is 6.20 Å². The van der Waals surface area contributed by atoms with Crippen molar-refractivity contribution in [3.05, 3.63) is 46.6 Å². The van der Waals surface area contributed by atoms with Crippen LogP contribution in [0.5, 0.6) is 0 Å². The van der Waals surface area contributed by atoms with Gasteiger partial charge in [0, 0.05) is 5.56 Å². The second-order valence-corrected chi connectivity index (χ2v) is 5.67. The second kappa shape index (κ2) is 6.37. The van der Waals surface area contributed by atoms with Crippen molar-refractivity contribution < 1.29 is 14.3 Å². The maximum atomic E-state index is 11.8. The van der Waals surface area contributed by atoms with Crippen LogP contribution in [0.1, 0.15) is 24.0 Å². The van der Waals surface area contributed by atoms with Crippen molar-refractivity contribution in [3.63, 3.8) is 0 Å². The van der Waals surface area contributed by atoms with Gasteiger partial charge in [-0.1, -0.05) is 11.6 Å². The van der Waals surface area contributed by atoms with E-state index in [9.17, 15) is 9.90 Å². The summed E-state index contributed by atoms with van der Waals surface area (Å²) in [6.07, 6.45) is 1.45. The lowest BCUT2D eigenvalue weighted by Gasteiger charge is -2.23. The number of aromatic nitrogens is 1. The summed E-state index contributed by atoms with van der Waals surface area (Å²) in [4.78, 5) is 15.7. The number of carbonyl (C=O) groups excluding carboxylic acids is 1. The lowest BCUT2D eigenvalue weighted by atomic mass is 9.96. The molecule has 7 heteroatoms. The third kappa shape index (κ3) is 3.99. The molecular weight excluding hydrogens is 306 g/mol. The minimum Gasteiger partial charge on any atom is -0.466 e. The number of aryl methyl sites for hydroxylation is 2. The highest BCUT2D eigenvalue weighted by molar-refractivity contribution is 6.29. The van der Waals surface area contributed by atoms with Crippen LogP contribution in [0.25, 0.3) is 0 Å². The zero-order chi connectivity index (χ0) is 16.3. The maximum Gasteiger partial charge on any atom is 0.319 e. The van der Waals surface area contributed by atoms with E-state index in [-0.39, 0.29) is 6.54 Å². The Balaban J connectivity index is 1.95. The molecule has 22 heavy (non-hydrogen) atoms. The molecule has 0 aliphatic carbocycles. The van der Waals surface area contributed by atoms with Crippen LogP contribution in [0.3, 0.4) is 0 Å². The van der Waals surface area contributed by atoms with E-state index >= 15 is 0 Å². The Labute approximate surface area is 133 Å². The highest BCUT2D eigenvalue weighted by atomic mass is 35.5. The molecule has 118 valence electrons. The summed E-state index contributed by atoms with van der Waals surface area (Å²) in [5.74, 6) is 1.34. The molecule has 2 aromatic rings. The number of nitrogens with one attached hydrogen (secondary N) is 2. The van der Waals surface area contributed by atoms with Crippen molar-refractivity contribution in [2.24, 2.45) is 0 Å². The lowest BCUT2D eigenvalue weighted by molar-refractivity contribution is 0.0584. The summed E-state index contributed by atoms with van der Waals surface area (Å²) in [5, 5.41) is 16.1. The fraction of sp³-hybridized carbons (Fsp3) is 0.333. The molecule has 2 rings (SSSR count). The summed E-state index contributed by atoms with van der Waals surface area (Å²) in [6, 6.07) is 4.53. The van der Waals surface area contributed by atoms with Crippen molar-refractivity contribution in [1.29, 1.82) is 0 Å². The van der Waals surface area contributed by atoms with Crippen molar-refractivity contribution in [1.82, 2.24) is 10.3 Å². The van der Waals surface area contributed by atoms with Crippen LogP contribution < -0.4 is 10.6 Å². The Kier molecular flexibility index (Phi) is 4.73. The number of anilines is 1. The number of pyridine rings is 1. The first-order valence-corrected chi connectivity index (χ1v) is 7.12. The van der Waals surface area contributed by atoms with Crippen molar-refractivity contribution in [3.8, 4) is 0 Å². The molecule has 6 nitrogen and oxygen atoms in total. The normalized spacial score (nSPS) is 13.5. The largest absolute Gasteiger partial charge is 0.466 e. The van der Waals surface area contributed by atoms with Gasteiger partial charge in [0.25, 0.3) is 0 Å². The van der Waals surface area contributed by atoms with E-state index in [0.29, 0.717) is 27.9 Å². The summed E-state index contributed by atoms with van der Waals surface area (Å²) < 4.78 is 5.41. The highest BCUT2D eigenvalue weighted by Crippen LogP contribution is 2.26. The molecule has 3 N–H and O–H groups in total. The Morgan fingerprint density at radius 2 is 2.18 bits per heavy atom. The Morgan fingerprint density at radius 1 is 1.45 bits per heavy atom. The average molecular weight is 324 g/mol. The van der Waals surface area contributed by atoms with Gasteiger partial charge >= 0.3 is 6.03 Å². The third-order valence-corrected chi connectivity index (χ3v) is 3.42. The predicted molar refractivity (Wildman–Crippen MR) is 84.0 cm³/mol. The number of amides is 2. The topological polar surface area (TPSA) is 87.4 Å². The number of hydrogen-bond acceptors (Lipinski definition) is 4. The van der Waals surface area contributed by atoms with Gasteiger partial charge in [0.2, 0.25) is 0 Å². The Morgan fingerprint density at radius 3 is 2.73 bits per heavy atom. The van der Waals surface area contributed by atoms with Crippen LogP contribution in [-0.2, 0) is 5.60 Å². The zero-order valence-electron chi connectivity index (χ0n) is 12.6. The molecule has 0 aliphatic rings. The SMILES string of the molecule is Cc1cc(C(C)(O)CNC(=O)Nc2ccc(Cl)nc2)c(C)o1. The van der Waals surface area contributed by atoms with Crippen LogP contribution in [0.15, 0.2) is 28.8 Å². The van der Waals surface area contributed by atoms with Gasteiger partial charge in [-0.2, -0.15) is 0 Å². The van der Waals surface area contributed by atoms with Crippen molar-refractivity contribution >= 4 is 23.3 Å². The van der Waals surface area contributed by atoms with Crippen molar-refractivity contribution in [2.45, 2.75) is 26.4 Å². The molecule has 0 saturated heterocycles. The molecule has 0 saturated carbocycles. The van der Waals surface area contributed by atoms with Gasteiger partial charge in [-0.25, -0.2) is 9.78 Å². The quantitative estimate of drug-likeness (QED) is 0.755. The summed E-state index contributed by atoms with van der Waals surface area (Å²) in [7, 11) is 0. The first-order chi connectivity index (χ1) is 10.3. The predicted octanol–water partition coefficient (Wildman–Crippen LogP) is 2.97. The van der Waals surface area contributed by atoms with Gasteiger partial charge in [0.15, 0.2) is 0 Å². The number of aliphatic hydroxyl groups is 1. The molecule has 2 amide bonds. The fourth-order valence-electron chi connectivity index (χ4n) is 2.14. The van der Waals surface area contributed by atoms with E-state index in [1.807, 2.05) is 0 Å². The number of rotatable bonds is 4. The molecule has 1 unspecified atom stereocenters. The molecule has 0 spiro atoms. The smallest absolute Gasteiger partial charge is 0.319 e. The van der Waals surface area contributed by atoms with Crippen LogP contribution in [0, 0.1) is 13.8 Å². The molecular formula is C15H18ClN3O3. The Bertz CT molecular complexity index is 665. The van der Waals surface area contributed by atoms with Crippen LogP contribution in [0.2, 0.25) is 5.15 Å². The van der Waals surface area contributed by atoms with Crippen LogP contribution in [0.4, 0.5) is 10.5 Å². The first-order valence-electron chi connectivity index (χ1n) is 6.74. The highest BCUT2D eigenvalue weighted by Gasteiger charge is 2.28. The molecule has 0 fully saturated rings. The van der Waals surface area contributed by atoms with Gasteiger partial charge in [0.05, 0.1) is 18.4 Å². The van der Waals surface area contributed by atoms with Gasteiger partial charge < -0.3 is 20.2 Å². The van der Waals surface area contributed by atoms with E-state index in [4.69, 9.17) is 16.0 Å². The van der Waals surface area contributed by atoms with Crippen molar-refractivity contribution in [2.75, 3.05) is 11.9 Å². The minimum atomic E-state index is -1.22. The average Bonchev–Trinajstić information content (AvgIpc) is 2.79.